The van der Waals surface area contributed by atoms with Crippen molar-refractivity contribution < 1.29 is 17.5 Å². The van der Waals surface area contributed by atoms with E-state index in [0.717, 1.165) is 12.1 Å². The van der Waals surface area contributed by atoms with Crippen LogP contribution in [0.3, 0.4) is 0 Å². The summed E-state index contributed by atoms with van der Waals surface area (Å²) in [5.41, 5.74) is 0.0215. The molecule has 0 saturated heterocycles. The van der Waals surface area contributed by atoms with Crippen LogP contribution in [0.5, 0.6) is 5.75 Å². The highest BCUT2D eigenvalue weighted by atomic mass is 35.5. The van der Waals surface area contributed by atoms with Gasteiger partial charge in [-0.1, -0.05) is 41.9 Å². The first-order valence-electron chi connectivity index (χ1n) is 5.77. The molecule has 0 aliphatic rings. The molecule has 8 heteroatoms. The van der Waals surface area contributed by atoms with Gasteiger partial charge in [0, 0.05) is 11.1 Å². The fourth-order valence-electron chi connectivity index (χ4n) is 1.65. The lowest BCUT2D eigenvalue weighted by molar-refractivity contribution is -0.385. The fourth-order valence-corrected chi connectivity index (χ4v) is 2.89. The number of nitro groups is 1. The quantitative estimate of drug-likeness (QED) is 0.478. The molecule has 0 amide bonds. The first-order chi connectivity index (χ1) is 9.87. The lowest BCUT2D eigenvalue weighted by Crippen LogP contribution is -2.13. The number of hydrogen-bond donors (Lipinski definition) is 0. The van der Waals surface area contributed by atoms with E-state index >= 15 is 0 Å². The van der Waals surface area contributed by atoms with Gasteiger partial charge in [0.2, 0.25) is 5.75 Å². The smallest absolute Gasteiger partial charge is 0.314 e. The summed E-state index contributed by atoms with van der Waals surface area (Å²) in [4.78, 5) is 10.1. The van der Waals surface area contributed by atoms with Crippen molar-refractivity contribution in [1.82, 2.24) is 0 Å². The molecule has 0 atom stereocenters. The first-order valence-corrected chi connectivity index (χ1v) is 7.73. The average molecular weight is 328 g/mol. The van der Waals surface area contributed by atoms with Crippen LogP contribution in [-0.2, 0) is 15.9 Å². The van der Waals surface area contributed by atoms with E-state index < -0.39 is 20.7 Å². The number of hydrogen-bond acceptors (Lipinski definition) is 5. The van der Waals surface area contributed by atoms with E-state index in [4.69, 9.17) is 15.8 Å². The van der Waals surface area contributed by atoms with Crippen LogP contribution in [0.2, 0.25) is 5.02 Å². The molecule has 110 valence electrons. The predicted molar refractivity (Wildman–Crippen MR) is 77.8 cm³/mol. The minimum absolute atomic E-state index is 0.120. The topological polar surface area (TPSA) is 86.5 Å². The van der Waals surface area contributed by atoms with Gasteiger partial charge in [0.15, 0.2) is 0 Å². The summed E-state index contributed by atoms with van der Waals surface area (Å²) in [7, 11) is -4.00. The molecule has 0 aromatic heterocycles. The van der Waals surface area contributed by atoms with Crippen molar-refractivity contribution >= 4 is 27.4 Å². The van der Waals surface area contributed by atoms with Crippen molar-refractivity contribution in [3.8, 4) is 5.75 Å². The maximum Gasteiger partial charge on any atom is 0.314 e. The Morgan fingerprint density at radius 3 is 2.43 bits per heavy atom. The monoisotopic (exact) mass is 327 g/mol. The van der Waals surface area contributed by atoms with Crippen molar-refractivity contribution in [2.24, 2.45) is 0 Å². The van der Waals surface area contributed by atoms with Crippen LogP contribution < -0.4 is 4.18 Å². The SMILES string of the molecule is O=[N+]([O-])c1cc(Cl)ccc1OS(=O)(=O)Cc1ccccc1. The highest BCUT2D eigenvalue weighted by molar-refractivity contribution is 7.86. The summed E-state index contributed by atoms with van der Waals surface area (Å²) in [6.07, 6.45) is 0. The summed E-state index contributed by atoms with van der Waals surface area (Å²) in [5.74, 6) is -0.742. The number of benzene rings is 2. The van der Waals surface area contributed by atoms with Gasteiger partial charge in [-0.3, -0.25) is 10.1 Å². The maximum atomic E-state index is 12.0. The van der Waals surface area contributed by atoms with Gasteiger partial charge in [-0.15, -0.1) is 0 Å². The van der Waals surface area contributed by atoms with Crippen LogP contribution in [0.25, 0.3) is 0 Å². The zero-order valence-corrected chi connectivity index (χ0v) is 12.2. The Hall–Kier alpha value is -2.12. The molecule has 0 aliphatic carbocycles. The zero-order chi connectivity index (χ0) is 15.5. The maximum absolute atomic E-state index is 12.0. The molecule has 21 heavy (non-hydrogen) atoms. The predicted octanol–water partition coefficient (Wildman–Crippen LogP) is 3.16. The van der Waals surface area contributed by atoms with Gasteiger partial charge in [0.25, 0.3) is 0 Å². The molecular formula is C13H10ClNO5S. The lowest BCUT2D eigenvalue weighted by atomic mass is 10.2. The number of nitrogens with zero attached hydrogens (tertiary/aromatic N) is 1. The van der Waals surface area contributed by atoms with Crippen molar-refractivity contribution in [3.05, 3.63) is 69.2 Å². The second-order valence-electron chi connectivity index (χ2n) is 4.14. The molecule has 0 N–H and O–H groups in total. The minimum Gasteiger partial charge on any atom is -0.375 e. The Balaban J connectivity index is 2.27. The van der Waals surface area contributed by atoms with Crippen LogP contribution in [0, 0.1) is 10.1 Å². The van der Waals surface area contributed by atoms with E-state index in [1.165, 1.54) is 6.07 Å². The molecule has 0 radical (unpaired) electrons. The molecule has 0 unspecified atom stereocenters. The molecule has 0 aliphatic heterocycles. The Kier molecular flexibility index (Phi) is 4.44. The number of halogens is 1. The molecule has 2 rings (SSSR count). The summed E-state index contributed by atoms with van der Waals surface area (Å²) < 4.78 is 28.7. The van der Waals surface area contributed by atoms with E-state index in [2.05, 4.69) is 0 Å². The van der Waals surface area contributed by atoms with Gasteiger partial charge in [0.05, 0.1) is 4.92 Å². The highest BCUT2D eigenvalue weighted by Crippen LogP contribution is 2.31. The lowest BCUT2D eigenvalue weighted by Gasteiger charge is -2.07. The minimum atomic E-state index is -4.00. The molecular weight excluding hydrogens is 318 g/mol. The molecule has 0 saturated carbocycles. The van der Waals surface area contributed by atoms with Crippen molar-refractivity contribution in [2.75, 3.05) is 0 Å². The van der Waals surface area contributed by atoms with Crippen LogP contribution >= 0.6 is 11.6 Å². The second-order valence-corrected chi connectivity index (χ2v) is 6.15. The van der Waals surface area contributed by atoms with Crippen molar-refractivity contribution in [2.45, 2.75) is 5.75 Å². The van der Waals surface area contributed by atoms with Crippen molar-refractivity contribution in [3.63, 3.8) is 0 Å². The summed E-state index contributed by atoms with van der Waals surface area (Å²) in [6.45, 7) is 0. The Morgan fingerprint density at radius 1 is 1.14 bits per heavy atom. The summed E-state index contributed by atoms with van der Waals surface area (Å²) in [6, 6.07) is 11.9. The van der Waals surface area contributed by atoms with E-state index in [-0.39, 0.29) is 16.5 Å². The van der Waals surface area contributed by atoms with Gasteiger partial charge < -0.3 is 4.18 Å². The second kappa shape index (κ2) is 6.11. The summed E-state index contributed by atoms with van der Waals surface area (Å²) >= 11 is 5.65. The standard InChI is InChI=1S/C13H10ClNO5S/c14-11-6-7-13(12(8-11)15(16)17)20-21(18,19)9-10-4-2-1-3-5-10/h1-8H,9H2. The number of rotatable bonds is 5. The Bertz CT molecular complexity index is 761. The van der Waals surface area contributed by atoms with E-state index in [1.54, 1.807) is 30.3 Å². The molecule has 6 nitrogen and oxygen atoms in total. The van der Waals surface area contributed by atoms with Crippen LogP contribution in [0.1, 0.15) is 5.56 Å². The molecule has 0 fully saturated rings. The van der Waals surface area contributed by atoms with Crippen LogP contribution in [-0.4, -0.2) is 13.3 Å². The fraction of sp³-hybridized carbons (Fsp3) is 0.0769. The first kappa shape index (κ1) is 15.3. The number of nitro benzene ring substituents is 1. The van der Waals surface area contributed by atoms with E-state index in [0.29, 0.717) is 5.56 Å². The van der Waals surface area contributed by atoms with Gasteiger partial charge in [0.1, 0.15) is 5.75 Å². The van der Waals surface area contributed by atoms with Crippen LogP contribution in [0.4, 0.5) is 5.69 Å². The van der Waals surface area contributed by atoms with Crippen LogP contribution in [0.15, 0.2) is 48.5 Å². The third-order valence-corrected chi connectivity index (χ3v) is 3.88. The average Bonchev–Trinajstić information content (AvgIpc) is 2.41. The van der Waals surface area contributed by atoms with Gasteiger partial charge >= 0.3 is 15.8 Å². The van der Waals surface area contributed by atoms with Gasteiger partial charge in [-0.25, -0.2) is 0 Å². The molecule has 0 spiro atoms. The largest absolute Gasteiger partial charge is 0.375 e. The molecule has 0 heterocycles. The normalized spacial score (nSPS) is 11.1. The van der Waals surface area contributed by atoms with Gasteiger partial charge in [-0.05, 0) is 17.7 Å². The Labute approximate surface area is 126 Å². The Morgan fingerprint density at radius 2 is 1.81 bits per heavy atom. The highest BCUT2D eigenvalue weighted by Gasteiger charge is 2.22. The van der Waals surface area contributed by atoms with Gasteiger partial charge in [-0.2, -0.15) is 8.42 Å². The zero-order valence-electron chi connectivity index (χ0n) is 10.6. The summed E-state index contributed by atoms with van der Waals surface area (Å²) in [5, 5.41) is 11.0. The molecule has 2 aromatic carbocycles. The third-order valence-electron chi connectivity index (χ3n) is 2.52. The van der Waals surface area contributed by atoms with E-state index in [9.17, 15) is 18.5 Å². The van der Waals surface area contributed by atoms with E-state index in [1.807, 2.05) is 0 Å². The molecule has 0 bridgehead atoms. The molecule has 2 aromatic rings. The van der Waals surface area contributed by atoms with Crippen molar-refractivity contribution in [1.29, 1.82) is 0 Å². The third kappa shape index (κ3) is 4.17.